The number of nitrogens with one attached hydrogen (secondary N) is 1. The van der Waals surface area contributed by atoms with Crippen LogP contribution in [0.1, 0.15) is 41.3 Å². The highest BCUT2D eigenvalue weighted by atomic mass is 16.1. The molecular weight excluding hydrogens is 374 g/mol. The van der Waals surface area contributed by atoms with Gasteiger partial charge in [0.15, 0.2) is 5.78 Å². The summed E-state index contributed by atoms with van der Waals surface area (Å²) in [4.78, 5) is 27.8. The molecule has 30 heavy (non-hydrogen) atoms. The number of piperazine rings is 1. The zero-order valence-electron chi connectivity index (χ0n) is 17.6. The van der Waals surface area contributed by atoms with Crippen molar-refractivity contribution in [3.05, 3.63) is 65.2 Å². The van der Waals surface area contributed by atoms with Crippen molar-refractivity contribution >= 4 is 29.1 Å². The first-order valence-electron chi connectivity index (χ1n) is 10.8. The van der Waals surface area contributed by atoms with E-state index in [2.05, 4.69) is 51.5 Å². The fourth-order valence-electron chi connectivity index (χ4n) is 4.12. The number of amides is 1. The van der Waals surface area contributed by atoms with Gasteiger partial charge in [-0.25, -0.2) is 0 Å². The van der Waals surface area contributed by atoms with Gasteiger partial charge in [-0.1, -0.05) is 18.2 Å². The molecule has 0 unspecified atom stereocenters. The van der Waals surface area contributed by atoms with Crippen molar-refractivity contribution < 1.29 is 9.59 Å². The molecule has 0 aliphatic carbocycles. The first kappa shape index (κ1) is 20.4. The number of fused-ring (bicyclic) bond motifs is 1. The van der Waals surface area contributed by atoms with Crippen LogP contribution >= 0.6 is 0 Å². The third-order valence-electron chi connectivity index (χ3n) is 5.96. The average Bonchev–Trinajstić information content (AvgIpc) is 2.77. The summed E-state index contributed by atoms with van der Waals surface area (Å²) in [5.41, 5.74) is 5.35. The monoisotopic (exact) mass is 403 g/mol. The maximum atomic E-state index is 11.5. The Kier molecular flexibility index (Phi) is 6.29. The minimum atomic E-state index is 0.110. The van der Waals surface area contributed by atoms with Crippen molar-refractivity contribution in [2.24, 2.45) is 0 Å². The van der Waals surface area contributed by atoms with Crippen molar-refractivity contribution in [3.63, 3.8) is 0 Å². The molecule has 1 fully saturated rings. The Morgan fingerprint density at radius 1 is 1.03 bits per heavy atom. The molecule has 0 radical (unpaired) electrons. The van der Waals surface area contributed by atoms with Crippen molar-refractivity contribution in [2.75, 3.05) is 42.9 Å². The van der Waals surface area contributed by atoms with Crippen LogP contribution in [-0.2, 0) is 11.2 Å². The summed E-state index contributed by atoms with van der Waals surface area (Å²) >= 11 is 0. The molecular formula is C25H29N3O2. The Morgan fingerprint density at radius 3 is 2.53 bits per heavy atom. The highest BCUT2D eigenvalue weighted by Gasteiger charge is 2.17. The highest BCUT2D eigenvalue weighted by molar-refractivity contribution is 5.94. The fourth-order valence-corrected chi connectivity index (χ4v) is 4.12. The molecule has 2 aromatic rings. The summed E-state index contributed by atoms with van der Waals surface area (Å²) in [6.07, 6.45) is 6.86. The fraction of sp³-hybridized carbons (Fsp3) is 0.360. The quantitative estimate of drug-likeness (QED) is 0.741. The van der Waals surface area contributed by atoms with E-state index in [4.69, 9.17) is 0 Å². The number of carbonyl (C=O) groups is 2. The second-order valence-electron chi connectivity index (χ2n) is 8.09. The van der Waals surface area contributed by atoms with Crippen LogP contribution in [0.15, 0.2) is 48.5 Å². The van der Waals surface area contributed by atoms with E-state index in [1.807, 2.05) is 18.2 Å². The molecule has 1 N–H and O–H groups in total. The van der Waals surface area contributed by atoms with Gasteiger partial charge >= 0.3 is 0 Å². The van der Waals surface area contributed by atoms with E-state index in [0.29, 0.717) is 6.42 Å². The van der Waals surface area contributed by atoms with Gasteiger partial charge in [-0.05, 0) is 67.3 Å². The second kappa shape index (κ2) is 9.26. The van der Waals surface area contributed by atoms with E-state index in [-0.39, 0.29) is 11.7 Å². The Bertz CT molecular complexity index is 941. The molecule has 2 heterocycles. The van der Waals surface area contributed by atoms with Crippen LogP contribution < -0.4 is 10.2 Å². The van der Waals surface area contributed by atoms with Crippen LogP contribution in [0.3, 0.4) is 0 Å². The predicted molar refractivity (Wildman–Crippen MR) is 122 cm³/mol. The van der Waals surface area contributed by atoms with E-state index in [0.717, 1.165) is 56.8 Å². The molecule has 0 bridgehead atoms. The molecule has 1 saturated heterocycles. The number of ketones is 1. The van der Waals surface area contributed by atoms with Crippen molar-refractivity contribution in [1.82, 2.24) is 4.90 Å². The minimum absolute atomic E-state index is 0.110. The Labute approximate surface area is 178 Å². The molecule has 2 aliphatic rings. The lowest BCUT2D eigenvalue weighted by atomic mass is 10.00. The van der Waals surface area contributed by atoms with E-state index in [1.165, 1.54) is 16.8 Å². The number of anilines is 2. The predicted octanol–water partition coefficient (Wildman–Crippen LogP) is 4.00. The molecule has 2 aromatic carbocycles. The number of hydrogen-bond donors (Lipinski definition) is 1. The molecule has 0 aromatic heterocycles. The van der Waals surface area contributed by atoms with Crippen molar-refractivity contribution in [1.29, 1.82) is 0 Å². The van der Waals surface area contributed by atoms with Crippen LogP contribution in [0, 0.1) is 0 Å². The Morgan fingerprint density at radius 2 is 1.80 bits per heavy atom. The number of Topliss-reactive ketones (excluding diaryl/α,β-unsaturated/α-hetero) is 1. The zero-order valence-corrected chi connectivity index (χ0v) is 17.6. The molecule has 0 atom stereocenters. The van der Waals surface area contributed by atoms with Crippen LogP contribution in [0.5, 0.6) is 0 Å². The van der Waals surface area contributed by atoms with Gasteiger partial charge in [0.1, 0.15) is 0 Å². The van der Waals surface area contributed by atoms with Gasteiger partial charge in [0.2, 0.25) is 5.91 Å². The maximum absolute atomic E-state index is 11.5. The number of carbonyl (C=O) groups excluding carboxylic acids is 2. The lowest BCUT2D eigenvalue weighted by Crippen LogP contribution is -2.46. The van der Waals surface area contributed by atoms with Crippen molar-refractivity contribution in [3.8, 4) is 0 Å². The van der Waals surface area contributed by atoms with Crippen LogP contribution in [-0.4, -0.2) is 49.3 Å². The molecule has 156 valence electrons. The molecule has 2 aliphatic heterocycles. The molecule has 0 spiro atoms. The smallest absolute Gasteiger partial charge is 0.224 e. The van der Waals surface area contributed by atoms with Gasteiger partial charge in [-0.15, -0.1) is 0 Å². The Hall–Kier alpha value is -2.92. The third-order valence-corrected chi connectivity index (χ3v) is 5.96. The summed E-state index contributed by atoms with van der Waals surface area (Å²) in [5, 5.41) is 2.93. The van der Waals surface area contributed by atoms with Gasteiger partial charge in [0.25, 0.3) is 0 Å². The van der Waals surface area contributed by atoms with E-state index >= 15 is 0 Å². The number of aryl methyl sites for hydroxylation is 1. The van der Waals surface area contributed by atoms with Gasteiger partial charge in [-0.3, -0.25) is 14.5 Å². The second-order valence-corrected chi connectivity index (χ2v) is 8.09. The Balaban J connectivity index is 1.22. The SMILES string of the molecule is CC(=O)c1ccc(N2CCN(CC/C=C/c3ccc4c(c3)CCC(=O)N4)CC2)cc1. The third kappa shape index (κ3) is 4.97. The molecule has 4 rings (SSSR count). The largest absolute Gasteiger partial charge is 0.369 e. The first-order chi connectivity index (χ1) is 14.6. The first-order valence-corrected chi connectivity index (χ1v) is 10.8. The van der Waals surface area contributed by atoms with Crippen molar-refractivity contribution in [2.45, 2.75) is 26.2 Å². The molecule has 5 heteroatoms. The van der Waals surface area contributed by atoms with E-state index in [1.54, 1.807) is 6.92 Å². The number of nitrogens with zero attached hydrogens (tertiary/aromatic N) is 2. The summed E-state index contributed by atoms with van der Waals surface area (Å²) < 4.78 is 0. The number of hydrogen-bond acceptors (Lipinski definition) is 4. The minimum Gasteiger partial charge on any atom is -0.369 e. The maximum Gasteiger partial charge on any atom is 0.224 e. The van der Waals surface area contributed by atoms with Gasteiger partial charge in [-0.2, -0.15) is 0 Å². The van der Waals surface area contributed by atoms with Crippen LogP contribution in [0.25, 0.3) is 6.08 Å². The summed E-state index contributed by atoms with van der Waals surface area (Å²) in [6, 6.07) is 14.2. The molecule has 5 nitrogen and oxygen atoms in total. The van der Waals surface area contributed by atoms with Gasteiger partial charge in [0.05, 0.1) is 0 Å². The van der Waals surface area contributed by atoms with Crippen LogP contribution in [0.4, 0.5) is 11.4 Å². The normalized spacial score (nSPS) is 17.1. The molecule has 1 amide bonds. The average molecular weight is 404 g/mol. The van der Waals surface area contributed by atoms with E-state index < -0.39 is 0 Å². The molecule has 0 saturated carbocycles. The van der Waals surface area contributed by atoms with E-state index in [9.17, 15) is 9.59 Å². The van der Waals surface area contributed by atoms with Gasteiger partial charge < -0.3 is 10.2 Å². The topological polar surface area (TPSA) is 52.7 Å². The van der Waals surface area contributed by atoms with Crippen LogP contribution in [0.2, 0.25) is 0 Å². The number of benzene rings is 2. The summed E-state index contributed by atoms with van der Waals surface area (Å²) in [7, 11) is 0. The lowest BCUT2D eigenvalue weighted by molar-refractivity contribution is -0.116. The number of rotatable bonds is 6. The standard InChI is InChI=1S/C25H29N3O2/c1-19(29)21-6-9-23(10-7-21)28-16-14-27(15-17-28)13-3-2-4-20-5-11-24-22(18-20)8-12-25(30)26-24/h2,4-7,9-11,18H,3,8,12-17H2,1H3,(H,26,30)/b4-2+. The summed E-state index contributed by atoms with van der Waals surface area (Å²) in [6.45, 7) is 6.81. The lowest BCUT2D eigenvalue weighted by Gasteiger charge is -2.36. The zero-order chi connectivity index (χ0) is 20.9. The summed E-state index contributed by atoms with van der Waals surface area (Å²) in [5.74, 6) is 0.223. The van der Waals surface area contributed by atoms with Gasteiger partial charge in [0, 0.05) is 56.1 Å². The highest BCUT2D eigenvalue weighted by Crippen LogP contribution is 2.24.